The molecule has 0 spiro atoms. The Morgan fingerprint density at radius 1 is 0.800 bits per heavy atom. The highest BCUT2D eigenvalue weighted by Gasteiger charge is 2.32. The summed E-state index contributed by atoms with van der Waals surface area (Å²) in [6, 6.07) is 19.4. The monoisotopic (exact) mass is 282 g/mol. The molecule has 1 aliphatic heterocycles. The summed E-state index contributed by atoms with van der Waals surface area (Å²) in [4.78, 5) is 0.438. The maximum absolute atomic E-state index is 11.9. The molecule has 0 bridgehead atoms. The molecule has 1 heterocycles. The van der Waals surface area contributed by atoms with Gasteiger partial charge in [-0.2, -0.15) is 0 Å². The van der Waals surface area contributed by atoms with Crippen LogP contribution >= 0.6 is 0 Å². The van der Waals surface area contributed by atoms with Crippen LogP contribution in [0.4, 0.5) is 0 Å². The second-order valence-corrected chi connectivity index (χ2v) is 6.67. The molecule has 1 aliphatic rings. The Bertz CT molecular complexity index is 770. The average molecular weight is 282 g/mol. The smallest absolute Gasteiger partial charge is 0.182 e. The first-order chi connectivity index (χ1) is 9.67. The van der Waals surface area contributed by atoms with E-state index < -0.39 is 9.84 Å². The fraction of sp³-hybridized carbons (Fsp3) is 0.0588. The molecular formula is C17H14O2S. The van der Waals surface area contributed by atoms with Crippen LogP contribution < -0.4 is 0 Å². The van der Waals surface area contributed by atoms with E-state index in [9.17, 15) is 8.42 Å². The molecule has 2 aromatic rings. The minimum Gasteiger partial charge on any atom is -0.223 e. The van der Waals surface area contributed by atoms with Gasteiger partial charge < -0.3 is 0 Å². The number of rotatable bonds is 3. The van der Waals surface area contributed by atoms with Crippen molar-refractivity contribution in [3.63, 3.8) is 0 Å². The van der Waals surface area contributed by atoms with E-state index >= 15 is 0 Å². The molecular weight excluding hydrogens is 268 g/mol. The summed E-state index contributed by atoms with van der Waals surface area (Å²) in [5, 5.41) is 0. The highest BCUT2D eigenvalue weighted by molar-refractivity contribution is 7.97. The number of benzene rings is 2. The van der Waals surface area contributed by atoms with Gasteiger partial charge in [0, 0.05) is 0 Å². The van der Waals surface area contributed by atoms with Crippen molar-refractivity contribution in [2.24, 2.45) is 0 Å². The maximum Gasteiger partial charge on any atom is 0.182 e. The van der Waals surface area contributed by atoms with E-state index in [4.69, 9.17) is 0 Å². The van der Waals surface area contributed by atoms with Crippen LogP contribution in [-0.2, 0) is 9.84 Å². The van der Waals surface area contributed by atoms with Crippen molar-refractivity contribution in [1.29, 1.82) is 0 Å². The minimum absolute atomic E-state index is 0.130. The predicted molar refractivity (Wildman–Crippen MR) is 82.6 cm³/mol. The van der Waals surface area contributed by atoms with Gasteiger partial charge in [-0.1, -0.05) is 66.7 Å². The lowest BCUT2D eigenvalue weighted by Crippen LogP contribution is -2.22. The summed E-state index contributed by atoms with van der Waals surface area (Å²) in [7, 11) is -3.10. The van der Waals surface area contributed by atoms with Crippen molar-refractivity contribution < 1.29 is 8.42 Å². The lowest BCUT2D eigenvalue weighted by Gasteiger charge is -2.22. The molecule has 0 fully saturated rings. The molecule has 0 N–H and O–H groups in total. The zero-order valence-corrected chi connectivity index (χ0v) is 11.7. The first-order valence-electron chi connectivity index (χ1n) is 6.41. The molecule has 2 aromatic carbocycles. The summed E-state index contributed by atoms with van der Waals surface area (Å²) < 4.78 is 23.8. The first-order valence-corrected chi connectivity index (χ1v) is 8.06. The van der Waals surface area contributed by atoms with Crippen LogP contribution in [0, 0.1) is 0 Å². The van der Waals surface area contributed by atoms with Crippen molar-refractivity contribution in [2.75, 3.05) is 5.75 Å². The van der Waals surface area contributed by atoms with Gasteiger partial charge in [-0.15, -0.1) is 0 Å². The normalized spacial score (nSPS) is 17.2. The Morgan fingerprint density at radius 3 is 2.00 bits per heavy atom. The molecule has 0 amide bonds. The van der Waals surface area contributed by atoms with Gasteiger partial charge in [0.1, 0.15) is 0 Å². The van der Waals surface area contributed by atoms with Crippen LogP contribution in [0.25, 0.3) is 11.6 Å². The molecule has 3 rings (SSSR count). The Kier molecular flexibility index (Phi) is 3.28. The molecule has 0 aliphatic carbocycles. The highest BCUT2D eigenvalue weighted by atomic mass is 32.2. The number of hydrogen-bond donors (Lipinski definition) is 0. The third-order valence-electron chi connectivity index (χ3n) is 3.32. The maximum atomic E-state index is 11.9. The Balaban J connectivity index is 1.99. The van der Waals surface area contributed by atoms with E-state index in [2.05, 4.69) is 0 Å². The predicted octanol–water partition coefficient (Wildman–Crippen LogP) is 3.54. The fourth-order valence-corrected chi connectivity index (χ4v) is 3.70. The van der Waals surface area contributed by atoms with Crippen LogP contribution in [0.3, 0.4) is 0 Å². The molecule has 0 unspecified atom stereocenters. The summed E-state index contributed by atoms with van der Waals surface area (Å²) in [6.45, 7) is 0. The number of hydrogen-bond acceptors (Lipinski definition) is 2. The van der Waals surface area contributed by atoms with Gasteiger partial charge in [0.2, 0.25) is 0 Å². The van der Waals surface area contributed by atoms with E-state index in [1.807, 2.05) is 66.7 Å². The van der Waals surface area contributed by atoms with Crippen molar-refractivity contribution in [2.45, 2.75) is 0 Å². The van der Waals surface area contributed by atoms with E-state index in [0.29, 0.717) is 4.91 Å². The zero-order valence-electron chi connectivity index (χ0n) is 10.9. The third kappa shape index (κ3) is 2.45. The SMILES string of the molecule is O=S1(=O)CC(c2ccccc2)=C1/C=C/c1ccccc1. The molecule has 20 heavy (non-hydrogen) atoms. The minimum atomic E-state index is -3.10. The van der Waals surface area contributed by atoms with E-state index in [1.54, 1.807) is 6.08 Å². The largest absolute Gasteiger partial charge is 0.223 e. The molecule has 0 atom stereocenters. The molecule has 2 nitrogen and oxygen atoms in total. The summed E-state index contributed by atoms with van der Waals surface area (Å²) in [5.41, 5.74) is 2.88. The average Bonchev–Trinajstić information content (AvgIpc) is 2.47. The van der Waals surface area contributed by atoms with Crippen molar-refractivity contribution in [3.8, 4) is 0 Å². The molecule has 100 valence electrons. The third-order valence-corrected chi connectivity index (χ3v) is 5.04. The molecule has 0 aromatic heterocycles. The van der Waals surface area contributed by atoms with Crippen LogP contribution in [-0.4, -0.2) is 14.2 Å². The second kappa shape index (κ2) is 5.10. The standard InChI is InChI=1S/C17H14O2S/c18-20(19)13-16(15-9-5-2-6-10-15)17(20)12-11-14-7-3-1-4-8-14/h1-12H,13H2/b12-11+. The Labute approximate surface area is 119 Å². The van der Waals surface area contributed by atoms with Gasteiger partial charge in [-0.05, 0) is 22.8 Å². The molecule has 0 saturated carbocycles. The van der Waals surface area contributed by atoms with Gasteiger partial charge in [0.25, 0.3) is 0 Å². The summed E-state index contributed by atoms with van der Waals surface area (Å²) in [6.07, 6.45) is 3.55. The van der Waals surface area contributed by atoms with Crippen LogP contribution in [0.5, 0.6) is 0 Å². The topological polar surface area (TPSA) is 34.1 Å². The van der Waals surface area contributed by atoms with Crippen LogP contribution in [0.2, 0.25) is 0 Å². The molecule has 3 heteroatoms. The van der Waals surface area contributed by atoms with E-state index in [1.165, 1.54) is 0 Å². The summed E-state index contributed by atoms with van der Waals surface area (Å²) >= 11 is 0. The van der Waals surface area contributed by atoms with Crippen molar-refractivity contribution in [1.82, 2.24) is 0 Å². The van der Waals surface area contributed by atoms with Gasteiger partial charge in [0.15, 0.2) is 9.84 Å². The summed E-state index contributed by atoms with van der Waals surface area (Å²) in [5.74, 6) is 0.130. The molecule has 0 radical (unpaired) electrons. The van der Waals surface area contributed by atoms with E-state index in [0.717, 1.165) is 16.7 Å². The van der Waals surface area contributed by atoms with Crippen LogP contribution in [0.1, 0.15) is 11.1 Å². The van der Waals surface area contributed by atoms with E-state index in [-0.39, 0.29) is 5.75 Å². The highest BCUT2D eigenvalue weighted by Crippen LogP contribution is 2.35. The van der Waals surface area contributed by atoms with Crippen molar-refractivity contribution in [3.05, 3.63) is 82.8 Å². The quantitative estimate of drug-likeness (QED) is 0.863. The number of sulfone groups is 1. The van der Waals surface area contributed by atoms with Gasteiger partial charge in [-0.3, -0.25) is 0 Å². The van der Waals surface area contributed by atoms with Gasteiger partial charge in [-0.25, -0.2) is 8.42 Å². The van der Waals surface area contributed by atoms with Gasteiger partial charge >= 0.3 is 0 Å². The lowest BCUT2D eigenvalue weighted by atomic mass is 10.1. The lowest BCUT2D eigenvalue weighted by molar-refractivity contribution is 0.603. The number of allylic oxidation sites excluding steroid dienone is 1. The fourth-order valence-electron chi connectivity index (χ4n) is 2.25. The first kappa shape index (κ1) is 12.9. The zero-order chi connectivity index (χ0) is 14.0. The Morgan fingerprint density at radius 2 is 1.40 bits per heavy atom. The van der Waals surface area contributed by atoms with Crippen LogP contribution in [0.15, 0.2) is 71.6 Å². The van der Waals surface area contributed by atoms with Crippen molar-refractivity contribution >= 4 is 21.5 Å². The Hall–Kier alpha value is -2.13. The van der Waals surface area contributed by atoms with Gasteiger partial charge in [0.05, 0.1) is 10.7 Å². The molecule has 0 saturated heterocycles. The second-order valence-electron chi connectivity index (χ2n) is 4.71.